The number of rotatable bonds is 12. The van der Waals surface area contributed by atoms with Gasteiger partial charge in [-0.2, -0.15) is 0 Å². The minimum Gasteiger partial charge on any atom is -0.310 e. The minimum absolute atomic E-state index is 1.02. The average Bonchev–Trinajstić information content (AvgIpc) is 3.75. The van der Waals surface area contributed by atoms with Gasteiger partial charge in [-0.1, -0.05) is 213 Å². The molecule has 324 valence electrons. The third-order valence-corrected chi connectivity index (χ3v) is 13.2. The van der Waals surface area contributed by atoms with E-state index in [0.29, 0.717) is 0 Å². The van der Waals surface area contributed by atoms with Crippen molar-refractivity contribution >= 4 is 50.0 Å². The van der Waals surface area contributed by atoms with Crippen LogP contribution in [-0.2, 0) is 0 Å². The minimum atomic E-state index is 1.02. The predicted octanol–water partition coefficient (Wildman–Crippen LogP) is 18.4. The molecule has 0 bridgehead atoms. The van der Waals surface area contributed by atoms with Crippen LogP contribution in [0.2, 0.25) is 0 Å². The summed E-state index contributed by atoms with van der Waals surface area (Å²) in [7, 11) is 0. The highest BCUT2D eigenvalue weighted by atomic mass is 15.1. The first kappa shape index (κ1) is 41.9. The number of para-hydroxylation sites is 3. The third kappa shape index (κ3) is 7.93. The molecule has 0 fully saturated rings. The van der Waals surface area contributed by atoms with Gasteiger partial charge >= 0.3 is 0 Å². The molecule has 10 aromatic rings. The van der Waals surface area contributed by atoms with Gasteiger partial charge < -0.3 is 9.47 Å². The molecule has 1 heterocycles. The first-order valence-corrected chi connectivity index (χ1v) is 23.5. The largest absolute Gasteiger partial charge is 0.310 e. The van der Waals surface area contributed by atoms with Crippen molar-refractivity contribution in [2.24, 2.45) is 0 Å². The molecular formula is C66H50N2. The van der Waals surface area contributed by atoms with E-state index in [2.05, 4.69) is 265 Å². The number of hydrogen-bond acceptors (Lipinski definition) is 1. The zero-order chi connectivity index (χ0) is 45.8. The van der Waals surface area contributed by atoms with Gasteiger partial charge in [-0.05, 0) is 129 Å². The number of anilines is 3. The first-order chi connectivity index (χ1) is 33.7. The van der Waals surface area contributed by atoms with Gasteiger partial charge in [-0.25, -0.2) is 0 Å². The van der Waals surface area contributed by atoms with Crippen LogP contribution in [-0.4, -0.2) is 4.57 Å². The molecule has 2 heteroatoms. The fourth-order valence-corrected chi connectivity index (χ4v) is 9.95. The van der Waals surface area contributed by atoms with Crippen molar-refractivity contribution in [3.05, 3.63) is 279 Å². The van der Waals surface area contributed by atoms with Gasteiger partial charge in [0.05, 0.1) is 16.7 Å². The van der Waals surface area contributed by atoms with Crippen molar-refractivity contribution in [2.45, 2.75) is 12.8 Å². The molecule has 0 radical (unpaired) electrons. The number of hydrogen-bond donors (Lipinski definition) is 0. The highest BCUT2D eigenvalue weighted by Crippen LogP contribution is 2.45. The lowest BCUT2D eigenvalue weighted by molar-refractivity contribution is 1.04. The number of nitrogens with zero attached hydrogens (tertiary/aromatic N) is 2. The summed E-state index contributed by atoms with van der Waals surface area (Å²) in [4.78, 5) is 2.39. The lowest BCUT2D eigenvalue weighted by Gasteiger charge is -2.28. The van der Waals surface area contributed by atoms with E-state index in [9.17, 15) is 0 Å². The van der Waals surface area contributed by atoms with Crippen molar-refractivity contribution in [3.63, 3.8) is 0 Å². The third-order valence-electron chi connectivity index (χ3n) is 13.2. The van der Waals surface area contributed by atoms with Crippen LogP contribution in [0.3, 0.4) is 0 Å². The zero-order valence-corrected chi connectivity index (χ0v) is 38.0. The SMILES string of the molecule is C=C/C=C(\C=C)c1cc(N(c2ccc(-c3ccc(-c4ccccc4)cc3)cc2)c2ccc(-c3ccccc3-n3c4ccccc4c4ccccc43)c(-c3ccccc3)c2)ccc1C1=CCCC=C1. The lowest BCUT2D eigenvalue weighted by atomic mass is 9.90. The standard InChI is InChI=1S/C66H50N2/c1-3-20-47(4-2)62-45-55(41-43-57(62)52-23-10-6-11-24-52)67(54-39-37-51(38-40-54)50-35-33-49(34-36-50)48-21-8-5-9-22-48)56-42-44-58(63(46-56)53-25-12-7-13-26-53)59-27-14-17-30-64(59)68-65-31-18-15-28-60(65)61-29-16-19-32-66(61)68/h3-5,7-10,12-46H,1-2,6,11H2/b47-20+. The van der Waals surface area contributed by atoms with E-state index in [4.69, 9.17) is 0 Å². The van der Waals surface area contributed by atoms with Crippen molar-refractivity contribution in [1.29, 1.82) is 0 Å². The quantitative estimate of drug-likeness (QED) is 0.111. The van der Waals surface area contributed by atoms with Crippen LogP contribution in [0.25, 0.3) is 83.1 Å². The highest BCUT2D eigenvalue weighted by Gasteiger charge is 2.22. The molecule has 68 heavy (non-hydrogen) atoms. The molecule has 9 aromatic carbocycles. The van der Waals surface area contributed by atoms with Gasteiger partial charge in [0.1, 0.15) is 0 Å². The van der Waals surface area contributed by atoms with Gasteiger partial charge in [-0.15, -0.1) is 0 Å². The van der Waals surface area contributed by atoms with Crippen LogP contribution in [0.5, 0.6) is 0 Å². The Morgan fingerprint density at radius 3 is 1.59 bits per heavy atom. The Morgan fingerprint density at radius 2 is 0.971 bits per heavy atom. The molecule has 0 spiro atoms. The summed E-state index contributed by atoms with van der Waals surface area (Å²) in [6.45, 7) is 8.35. The second-order valence-electron chi connectivity index (χ2n) is 17.2. The topological polar surface area (TPSA) is 8.17 Å². The Morgan fingerprint density at radius 1 is 0.441 bits per heavy atom. The second-order valence-corrected chi connectivity index (χ2v) is 17.2. The van der Waals surface area contributed by atoms with E-state index >= 15 is 0 Å². The summed E-state index contributed by atoms with van der Waals surface area (Å²) in [6.07, 6.45) is 14.8. The zero-order valence-electron chi connectivity index (χ0n) is 38.0. The molecular weight excluding hydrogens is 821 g/mol. The van der Waals surface area contributed by atoms with Gasteiger partial charge in [0.25, 0.3) is 0 Å². The van der Waals surface area contributed by atoms with Crippen LogP contribution in [0.1, 0.15) is 24.0 Å². The van der Waals surface area contributed by atoms with Crippen LogP contribution >= 0.6 is 0 Å². The first-order valence-electron chi connectivity index (χ1n) is 23.5. The van der Waals surface area contributed by atoms with Crippen molar-refractivity contribution < 1.29 is 0 Å². The summed E-state index contributed by atoms with van der Waals surface area (Å²) in [6, 6.07) is 79.4. The predicted molar refractivity (Wildman–Crippen MR) is 292 cm³/mol. The maximum atomic E-state index is 4.27. The Balaban J connectivity index is 1.10. The summed E-state index contributed by atoms with van der Waals surface area (Å²) in [5.41, 5.74) is 20.5. The fourth-order valence-electron chi connectivity index (χ4n) is 9.95. The molecule has 0 aliphatic heterocycles. The van der Waals surface area contributed by atoms with Gasteiger partial charge in [0.2, 0.25) is 0 Å². The van der Waals surface area contributed by atoms with Gasteiger partial charge in [0, 0.05) is 33.4 Å². The maximum absolute atomic E-state index is 4.27. The Kier molecular flexibility index (Phi) is 11.5. The molecule has 2 nitrogen and oxygen atoms in total. The summed E-state index contributed by atoms with van der Waals surface area (Å²) < 4.78 is 2.43. The molecule has 0 unspecified atom stereocenters. The number of benzene rings is 9. The van der Waals surface area contributed by atoms with Crippen LogP contribution in [0.4, 0.5) is 17.1 Å². The monoisotopic (exact) mass is 870 g/mol. The second kappa shape index (κ2) is 18.6. The van der Waals surface area contributed by atoms with Crippen LogP contribution < -0.4 is 4.90 Å². The molecule has 0 saturated carbocycles. The lowest BCUT2D eigenvalue weighted by Crippen LogP contribution is -2.11. The smallest absolute Gasteiger partial charge is 0.0541 e. The highest BCUT2D eigenvalue weighted by molar-refractivity contribution is 6.10. The van der Waals surface area contributed by atoms with E-state index in [0.717, 1.165) is 74.5 Å². The van der Waals surface area contributed by atoms with E-state index in [1.165, 1.54) is 49.6 Å². The normalized spacial score (nSPS) is 12.5. The maximum Gasteiger partial charge on any atom is 0.0541 e. The molecule has 1 aromatic heterocycles. The van der Waals surface area contributed by atoms with E-state index < -0.39 is 0 Å². The molecule has 1 aliphatic rings. The Labute approximate surface area is 399 Å². The van der Waals surface area contributed by atoms with E-state index in [-0.39, 0.29) is 0 Å². The molecule has 1 aliphatic carbocycles. The molecule has 0 atom stereocenters. The summed E-state index contributed by atoms with van der Waals surface area (Å²) in [5.74, 6) is 0. The van der Waals surface area contributed by atoms with Crippen molar-refractivity contribution in [1.82, 2.24) is 4.57 Å². The van der Waals surface area contributed by atoms with Crippen molar-refractivity contribution in [3.8, 4) is 50.2 Å². The van der Waals surface area contributed by atoms with E-state index in [1.54, 1.807) is 0 Å². The Hall–Kier alpha value is -8.72. The number of fused-ring (bicyclic) bond motifs is 3. The van der Waals surface area contributed by atoms with Crippen LogP contribution in [0.15, 0.2) is 268 Å². The Bertz CT molecular complexity index is 3510. The van der Waals surface area contributed by atoms with Crippen molar-refractivity contribution in [2.75, 3.05) is 4.90 Å². The van der Waals surface area contributed by atoms with E-state index in [1.807, 2.05) is 12.2 Å². The molecule has 11 rings (SSSR count). The summed E-state index contributed by atoms with van der Waals surface area (Å²) >= 11 is 0. The van der Waals surface area contributed by atoms with Crippen LogP contribution in [0, 0.1) is 0 Å². The summed E-state index contributed by atoms with van der Waals surface area (Å²) in [5, 5.41) is 2.48. The van der Waals surface area contributed by atoms with Gasteiger partial charge in [-0.3, -0.25) is 0 Å². The fraction of sp³-hybridized carbons (Fsp3) is 0.0303. The molecule has 0 amide bonds. The molecule has 0 N–H and O–H groups in total. The average molecular weight is 871 g/mol. The molecule has 0 saturated heterocycles. The number of allylic oxidation sites excluding steroid dienone is 8. The number of aromatic nitrogens is 1. The van der Waals surface area contributed by atoms with Gasteiger partial charge in [0.15, 0.2) is 0 Å².